The van der Waals surface area contributed by atoms with Crippen LogP contribution >= 0.6 is 0 Å². The Morgan fingerprint density at radius 1 is 0.733 bits per heavy atom. The van der Waals surface area contributed by atoms with Gasteiger partial charge in [0.25, 0.3) is 0 Å². The number of benzene rings is 4. The summed E-state index contributed by atoms with van der Waals surface area (Å²) in [7, 11) is 1.48. The Morgan fingerprint density at radius 2 is 1.23 bits per heavy atom. The van der Waals surface area contributed by atoms with E-state index < -0.39 is 70.2 Å². The van der Waals surface area contributed by atoms with Crippen LogP contribution in [0.1, 0.15) is 52.3 Å². The molecule has 2 bridgehead atoms. The van der Waals surface area contributed by atoms with Crippen molar-refractivity contribution in [2.75, 3.05) is 20.2 Å². The monoisotopic (exact) mass is 918 g/mol. The molecule has 0 spiro atoms. The van der Waals surface area contributed by atoms with E-state index in [9.17, 15) is 57.8 Å². The number of pyridine rings is 1. The second-order valence-corrected chi connectivity index (χ2v) is 15.3. The molecule has 1 N–H and O–H groups in total. The van der Waals surface area contributed by atoms with Crippen molar-refractivity contribution in [1.29, 1.82) is 0 Å². The van der Waals surface area contributed by atoms with Gasteiger partial charge in [-0.3, -0.25) is 4.98 Å². The number of ether oxygens (including phenoxy) is 1. The second-order valence-electron chi connectivity index (χ2n) is 15.3. The zero-order chi connectivity index (χ0) is 42.9. The molecule has 3 aliphatic rings. The van der Waals surface area contributed by atoms with Crippen molar-refractivity contribution in [2.45, 2.75) is 56.2 Å². The third-order valence-electron chi connectivity index (χ3n) is 11.7. The van der Waals surface area contributed by atoms with Crippen LogP contribution in [-0.2, 0) is 31.2 Å². The van der Waals surface area contributed by atoms with E-state index in [1.54, 1.807) is 30.3 Å². The van der Waals surface area contributed by atoms with Crippen molar-refractivity contribution in [3.63, 3.8) is 0 Å². The molecule has 0 saturated carbocycles. The number of piperidine rings is 3. The Kier molecular flexibility index (Phi) is 12.0. The van der Waals surface area contributed by atoms with Crippen LogP contribution < -0.4 is 21.7 Å². The van der Waals surface area contributed by atoms with Gasteiger partial charge < -0.3 is 31.3 Å². The number of nitrogens with zero attached hydrogens (tertiary/aromatic N) is 2. The second kappa shape index (κ2) is 16.0. The molecule has 1 aromatic heterocycles. The van der Waals surface area contributed by atoms with E-state index in [4.69, 9.17) is 4.74 Å². The summed E-state index contributed by atoms with van der Waals surface area (Å²) in [5.74, 6) is 0.504. The predicted molar refractivity (Wildman–Crippen MR) is 194 cm³/mol. The molecule has 0 amide bonds. The molecule has 5 aromatic rings. The number of fused-ring (bicyclic) bond motifs is 4. The van der Waals surface area contributed by atoms with E-state index in [0.717, 1.165) is 6.07 Å². The number of quaternary nitrogens is 1. The minimum Gasteiger partial charge on any atom is -1.00 e. The third-order valence-corrected chi connectivity index (χ3v) is 11.7. The summed E-state index contributed by atoms with van der Waals surface area (Å²) in [5, 5.41) is 12.9. The molecular weight excluding hydrogens is 884 g/mol. The van der Waals surface area contributed by atoms with E-state index >= 15 is 0 Å². The molecule has 3 aliphatic heterocycles. The number of methoxy groups -OCH3 is 1. The number of aromatic nitrogens is 1. The molecule has 4 nitrogen and oxygen atoms in total. The van der Waals surface area contributed by atoms with E-state index in [1.807, 2.05) is 0 Å². The lowest BCUT2D eigenvalue weighted by Crippen LogP contribution is -3.00. The van der Waals surface area contributed by atoms with Crippen molar-refractivity contribution in [1.82, 2.24) is 4.98 Å². The maximum Gasteiger partial charge on any atom is 0.416 e. The molecule has 4 aromatic carbocycles. The Labute approximate surface area is 346 Å². The maximum atomic E-state index is 14.0. The van der Waals surface area contributed by atoms with Crippen LogP contribution in [0.25, 0.3) is 33.2 Å². The summed E-state index contributed by atoms with van der Waals surface area (Å²) in [6.07, 6.45) is -17.7. The molecule has 0 aliphatic carbocycles. The summed E-state index contributed by atoms with van der Waals surface area (Å²) >= 11 is 0. The van der Waals surface area contributed by atoms with E-state index in [2.05, 4.69) is 11.6 Å². The first kappa shape index (κ1) is 44.9. The summed E-state index contributed by atoms with van der Waals surface area (Å²) < 4.78 is 174. The van der Waals surface area contributed by atoms with E-state index in [0.29, 0.717) is 72.4 Å². The molecule has 60 heavy (non-hydrogen) atoms. The minimum atomic E-state index is -5.25. The molecule has 5 atom stereocenters. The number of rotatable bonds is 8. The average Bonchev–Trinajstić information content (AvgIpc) is 3.18. The summed E-state index contributed by atoms with van der Waals surface area (Å²) in [6, 6.07) is 11.5. The highest BCUT2D eigenvalue weighted by atomic mass is 79.9. The molecule has 3 fully saturated rings. The Bertz CT molecular complexity index is 2250. The molecule has 8 rings (SSSR count). The summed E-state index contributed by atoms with van der Waals surface area (Å²) in [5.41, 5.74) is -7.23. The standard InChI is InChI=1S/C43H35F12N2O2.BrH/c1-3-24-22-57(9-7-25(24)17-38(57)39(58)35-6-8-56-37-5-4-34(59-2)20-36(35)37)21-23-10-26(28-13-30(40(44,45)46)18-31(14-28)41(47,48)49)12-27(11-23)29-15-32(42(50,51)52)19-33(16-29)43(53,54)55;/h3-6,8,10-16,18-20,24-25,38-39,58H,1,7,9,17,21-22H2,2H3;1H/q+1;/p-1/t24-,25-,38+,39-,57?;/m0./s1. The number of hydrogen-bond donors (Lipinski definition) is 1. The van der Waals surface area contributed by atoms with Gasteiger partial charge in [0.05, 0.1) is 48.0 Å². The minimum absolute atomic E-state index is 0. The number of aliphatic hydroxyl groups is 1. The fraction of sp³-hybridized carbons (Fsp3) is 0.326. The van der Waals surface area contributed by atoms with Crippen LogP contribution in [-0.4, -0.2) is 40.8 Å². The van der Waals surface area contributed by atoms with Crippen molar-refractivity contribution in [3.8, 4) is 28.0 Å². The van der Waals surface area contributed by atoms with Gasteiger partial charge in [0.1, 0.15) is 24.4 Å². The Hall–Kier alpha value is -4.61. The SMILES string of the molecule is C=C[C@H]1C[N+]2(Cc3cc(-c4cc(C(F)(F)F)cc(C(F)(F)F)c4)cc(-c4cc(C(F)(F)F)cc(C(F)(F)F)c4)c3)CC[C@H]1C[C@@H]2[C@@H](O)c1ccnc2ccc(OC)cc12.[Br-]. The molecule has 0 radical (unpaired) electrons. The van der Waals surface area contributed by atoms with Gasteiger partial charge in [-0.1, -0.05) is 6.08 Å². The molecular formula is C43H35BrF12N2O2. The van der Waals surface area contributed by atoms with Crippen molar-refractivity contribution < 1.29 is 84.0 Å². The lowest BCUT2D eigenvalue weighted by Gasteiger charge is -2.58. The normalized spacial score (nSPS) is 21.4. The highest BCUT2D eigenvalue weighted by Gasteiger charge is 2.54. The number of halogens is 13. The van der Waals surface area contributed by atoms with E-state index in [1.165, 1.54) is 25.4 Å². The highest BCUT2D eigenvalue weighted by Crippen LogP contribution is 2.49. The van der Waals surface area contributed by atoms with Crippen LogP contribution in [0.5, 0.6) is 5.75 Å². The maximum absolute atomic E-state index is 14.0. The smallest absolute Gasteiger partial charge is 0.416 e. The molecule has 17 heteroatoms. The van der Waals surface area contributed by atoms with Crippen LogP contribution in [0.4, 0.5) is 52.7 Å². The molecule has 3 saturated heterocycles. The van der Waals surface area contributed by atoms with Crippen molar-refractivity contribution in [2.24, 2.45) is 11.8 Å². The third kappa shape index (κ3) is 8.89. The zero-order valence-electron chi connectivity index (χ0n) is 31.4. The van der Waals surface area contributed by atoms with Gasteiger partial charge in [-0.15, -0.1) is 6.58 Å². The number of alkyl halides is 12. The Balaban J connectivity index is 0.00000604. The summed E-state index contributed by atoms with van der Waals surface area (Å²) in [6.45, 7) is 4.75. The van der Waals surface area contributed by atoms with Gasteiger partial charge in [0, 0.05) is 35.9 Å². The Morgan fingerprint density at radius 3 is 1.70 bits per heavy atom. The number of hydrogen-bond acceptors (Lipinski definition) is 3. The lowest BCUT2D eigenvalue weighted by molar-refractivity contribution is -0.984. The molecule has 4 heterocycles. The topological polar surface area (TPSA) is 42.4 Å². The van der Waals surface area contributed by atoms with E-state index in [-0.39, 0.29) is 68.7 Å². The van der Waals surface area contributed by atoms with Crippen LogP contribution in [0.2, 0.25) is 0 Å². The quantitative estimate of drug-likeness (QED) is 0.0960. The van der Waals surface area contributed by atoms with Gasteiger partial charge in [-0.05, 0) is 113 Å². The number of aliphatic hydroxyl groups excluding tert-OH is 1. The fourth-order valence-electron chi connectivity index (χ4n) is 8.84. The van der Waals surface area contributed by atoms with Crippen LogP contribution in [0, 0.1) is 11.8 Å². The molecule has 1 unspecified atom stereocenters. The summed E-state index contributed by atoms with van der Waals surface area (Å²) in [4.78, 5) is 4.40. The fourth-order valence-corrected chi connectivity index (χ4v) is 8.84. The lowest BCUT2D eigenvalue weighted by atomic mass is 9.71. The highest BCUT2D eigenvalue weighted by molar-refractivity contribution is 5.84. The van der Waals surface area contributed by atoms with Gasteiger partial charge in [-0.25, -0.2) is 0 Å². The largest absolute Gasteiger partial charge is 1.00 e. The average molecular weight is 920 g/mol. The van der Waals surface area contributed by atoms with Crippen LogP contribution in [0.3, 0.4) is 0 Å². The van der Waals surface area contributed by atoms with Crippen molar-refractivity contribution >= 4 is 10.9 Å². The predicted octanol–water partition coefficient (Wildman–Crippen LogP) is 9.30. The van der Waals surface area contributed by atoms with Crippen molar-refractivity contribution in [3.05, 3.63) is 131 Å². The van der Waals surface area contributed by atoms with Gasteiger partial charge in [0.15, 0.2) is 0 Å². The molecule has 320 valence electrons. The first-order chi connectivity index (χ1) is 27.5. The van der Waals surface area contributed by atoms with Gasteiger partial charge in [0.2, 0.25) is 0 Å². The zero-order valence-corrected chi connectivity index (χ0v) is 33.0. The first-order valence-electron chi connectivity index (χ1n) is 18.3. The first-order valence-corrected chi connectivity index (χ1v) is 18.3. The van der Waals surface area contributed by atoms with Gasteiger partial charge in [-0.2, -0.15) is 52.7 Å². The van der Waals surface area contributed by atoms with Gasteiger partial charge >= 0.3 is 24.7 Å². The van der Waals surface area contributed by atoms with Crippen LogP contribution in [0.15, 0.2) is 97.7 Å².